The second-order valence-electron chi connectivity index (χ2n) is 5.03. The molecule has 0 radical (unpaired) electrons. The Labute approximate surface area is 104 Å². The fourth-order valence-corrected chi connectivity index (χ4v) is 2.20. The first-order valence-electron chi connectivity index (χ1n) is 6.26. The van der Waals surface area contributed by atoms with Gasteiger partial charge in [0.25, 0.3) is 0 Å². The molecular weight excluding hydrogens is 212 g/mol. The maximum atomic E-state index is 6.23. The van der Waals surface area contributed by atoms with Crippen LogP contribution in [0.2, 0.25) is 0 Å². The molecule has 0 saturated carbocycles. The van der Waals surface area contributed by atoms with Gasteiger partial charge in [-0.25, -0.2) is 0 Å². The molecular formula is C14H22N2O. The number of aryl methyl sites for hydroxylation is 1. The zero-order valence-electron chi connectivity index (χ0n) is 10.7. The lowest BCUT2D eigenvalue weighted by Crippen LogP contribution is -2.50. The first-order chi connectivity index (χ1) is 8.15. The Kier molecular flexibility index (Phi) is 4.15. The van der Waals surface area contributed by atoms with Gasteiger partial charge in [0, 0.05) is 19.1 Å². The molecule has 1 aromatic rings. The Bertz CT molecular complexity index is 350. The number of rotatable bonds is 3. The van der Waals surface area contributed by atoms with Crippen LogP contribution in [0, 0.1) is 6.92 Å². The molecule has 0 amide bonds. The monoisotopic (exact) mass is 234 g/mol. The predicted molar refractivity (Wildman–Crippen MR) is 70.1 cm³/mol. The predicted octanol–water partition coefficient (Wildman–Crippen LogP) is 1.20. The maximum absolute atomic E-state index is 6.23. The molecule has 2 N–H and O–H groups in total. The van der Waals surface area contributed by atoms with Gasteiger partial charge in [-0.1, -0.05) is 29.8 Å². The van der Waals surface area contributed by atoms with E-state index >= 15 is 0 Å². The van der Waals surface area contributed by atoms with Gasteiger partial charge in [0.05, 0.1) is 12.7 Å². The molecule has 1 heterocycles. The van der Waals surface area contributed by atoms with Gasteiger partial charge in [0.15, 0.2) is 0 Å². The molecule has 1 aliphatic rings. The van der Waals surface area contributed by atoms with Crippen LogP contribution in [-0.2, 0) is 11.2 Å². The van der Waals surface area contributed by atoms with Crippen LogP contribution < -0.4 is 5.73 Å². The van der Waals surface area contributed by atoms with E-state index in [4.69, 9.17) is 10.5 Å². The van der Waals surface area contributed by atoms with E-state index in [2.05, 4.69) is 43.1 Å². The molecule has 1 aromatic carbocycles. The Morgan fingerprint density at radius 1 is 1.41 bits per heavy atom. The Morgan fingerprint density at radius 3 is 2.76 bits per heavy atom. The van der Waals surface area contributed by atoms with Crippen molar-refractivity contribution in [1.82, 2.24) is 4.90 Å². The smallest absolute Gasteiger partial charge is 0.0856 e. The third-order valence-electron chi connectivity index (χ3n) is 3.37. The number of nitrogens with zero attached hydrogens (tertiary/aromatic N) is 1. The van der Waals surface area contributed by atoms with Crippen LogP contribution in [0.5, 0.6) is 0 Å². The van der Waals surface area contributed by atoms with Crippen molar-refractivity contribution in [3.05, 3.63) is 35.4 Å². The summed E-state index contributed by atoms with van der Waals surface area (Å²) in [7, 11) is 2.12. The van der Waals surface area contributed by atoms with Crippen LogP contribution in [0.3, 0.4) is 0 Å². The molecule has 1 saturated heterocycles. The molecule has 2 unspecified atom stereocenters. The third-order valence-corrected chi connectivity index (χ3v) is 3.37. The highest BCUT2D eigenvalue weighted by Gasteiger charge is 2.23. The summed E-state index contributed by atoms with van der Waals surface area (Å²) >= 11 is 0. The fraction of sp³-hybridized carbons (Fsp3) is 0.571. The van der Waals surface area contributed by atoms with Crippen LogP contribution in [-0.4, -0.2) is 43.8 Å². The molecule has 0 spiro atoms. The van der Waals surface area contributed by atoms with Crippen molar-refractivity contribution in [1.29, 1.82) is 0 Å². The van der Waals surface area contributed by atoms with Crippen molar-refractivity contribution in [3.63, 3.8) is 0 Å². The van der Waals surface area contributed by atoms with Crippen LogP contribution >= 0.6 is 0 Å². The molecule has 0 aliphatic carbocycles. The van der Waals surface area contributed by atoms with E-state index in [9.17, 15) is 0 Å². The van der Waals surface area contributed by atoms with E-state index in [1.807, 2.05) is 0 Å². The molecule has 1 aliphatic heterocycles. The van der Waals surface area contributed by atoms with Crippen LogP contribution in [0.4, 0.5) is 0 Å². The van der Waals surface area contributed by atoms with Gasteiger partial charge < -0.3 is 15.4 Å². The van der Waals surface area contributed by atoms with Gasteiger partial charge >= 0.3 is 0 Å². The van der Waals surface area contributed by atoms with Gasteiger partial charge in [-0.15, -0.1) is 0 Å². The van der Waals surface area contributed by atoms with Crippen molar-refractivity contribution >= 4 is 0 Å². The summed E-state index contributed by atoms with van der Waals surface area (Å²) in [5.41, 5.74) is 8.81. The van der Waals surface area contributed by atoms with Crippen LogP contribution in [0.15, 0.2) is 24.3 Å². The average Bonchev–Trinajstić information content (AvgIpc) is 2.32. The van der Waals surface area contributed by atoms with E-state index in [1.165, 1.54) is 11.1 Å². The average molecular weight is 234 g/mol. The lowest BCUT2D eigenvalue weighted by Gasteiger charge is -2.33. The largest absolute Gasteiger partial charge is 0.374 e. The van der Waals surface area contributed by atoms with Gasteiger partial charge in [0.1, 0.15) is 0 Å². The molecule has 1 fully saturated rings. The highest BCUT2D eigenvalue weighted by Crippen LogP contribution is 2.11. The third kappa shape index (κ3) is 3.53. The minimum absolute atomic E-state index is 0.0838. The molecule has 94 valence electrons. The van der Waals surface area contributed by atoms with Gasteiger partial charge in [-0.3, -0.25) is 0 Å². The summed E-state index contributed by atoms with van der Waals surface area (Å²) in [6.45, 7) is 4.84. The zero-order valence-corrected chi connectivity index (χ0v) is 10.7. The summed E-state index contributed by atoms with van der Waals surface area (Å²) in [5.74, 6) is 0. The zero-order chi connectivity index (χ0) is 12.3. The Morgan fingerprint density at radius 2 is 2.12 bits per heavy atom. The topological polar surface area (TPSA) is 38.5 Å². The molecule has 17 heavy (non-hydrogen) atoms. The van der Waals surface area contributed by atoms with E-state index in [1.54, 1.807) is 0 Å². The van der Waals surface area contributed by atoms with E-state index in [0.29, 0.717) is 0 Å². The minimum atomic E-state index is 0.0838. The van der Waals surface area contributed by atoms with Crippen molar-refractivity contribution in [3.8, 4) is 0 Å². The number of ether oxygens (including phenoxy) is 1. The normalized spacial score (nSPS) is 23.6. The first-order valence-corrected chi connectivity index (χ1v) is 6.26. The van der Waals surface area contributed by atoms with Crippen molar-refractivity contribution in [2.24, 2.45) is 5.73 Å². The van der Waals surface area contributed by atoms with Gasteiger partial charge in [-0.05, 0) is 26.0 Å². The summed E-state index contributed by atoms with van der Waals surface area (Å²) < 4.78 is 5.74. The number of hydrogen-bond acceptors (Lipinski definition) is 3. The van der Waals surface area contributed by atoms with Crippen molar-refractivity contribution in [2.45, 2.75) is 25.5 Å². The molecule has 3 nitrogen and oxygen atoms in total. The quantitative estimate of drug-likeness (QED) is 0.854. The standard InChI is InChI=1S/C14H22N2O/c1-11-3-5-12(6-4-11)9-13(15)14-10-16(2)7-8-17-14/h3-6,13-14H,7-10,15H2,1-2H3. The Balaban J connectivity index is 1.91. The second-order valence-corrected chi connectivity index (χ2v) is 5.03. The van der Waals surface area contributed by atoms with Crippen molar-refractivity contribution < 1.29 is 4.74 Å². The molecule has 3 heteroatoms. The summed E-state index contributed by atoms with van der Waals surface area (Å²) in [4.78, 5) is 2.28. The highest BCUT2D eigenvalue weighted by molar-refractivity contribution is 5.22. The highest BCUT2D eigenvalue weighted by atomic mass is 16.5. The van der Waals surface area contributed by atoms with E-state index in [-0.39, 0.29) is 12.1 Å². The summed E-state index contributed by atoms with van der Waals surface area (Å²) in [6, 6.07) is 8.66. The summed E-state index contributed by atoms with van der Waals surface area (Å²) in [5, 5.41) is 0. The Hall–Kier alpha value is -0.900. The number of morpholine rings is 1. The lowest BCUT2D eigenvalue weighted by atomic mass is 10.0. The van der Waals surface area contributed by atoms with E-state index in [0.717, 1.165) is 26.1 Å². The van der Waals surface area contributed by atoms with Crippen LogP contribution in [0.1, 0.15) is 11.1 Å². The van der Waals surface area contributed by atoms with Gasteiger partial charge in [-0.2, -0.15) is 0 Å². The fourth-order valence-electron chi connectivity index (χ4n) is 2.20. The number of likely N-dealkylation sites (N-methyl/N-ethyl adjacent to an activating group) is 1. The molecule has 0 aromatic heterocycles. The SMILES string of the molecule is Cc1ccc(CC(N)C2CN(C)CCO2)cc1. The number of nitrogens with two attached hydrogens (primary N) is 1. The van der Waals surface area contributed by atoms with E-state index < -0.39 is 0 Å². The molecule has 0 bridgehead atoms. The van der Waals surface area contributed by atoms with Crippen LogP contribution in [0.25, 0.3) is 0 Å². The van der Waals surface area contributed by atoms with Gasteiger partial charge in [0.2, 0.25) is 0 Å². The first kappa shape index (κ1) is 12.6. The maximum Gasteiger partial charge on any atom is 0.0856 e. The summed E-state index contributed by atoms with van der Waals surface area (Å²) in [6.07, 6.45) is 1.05. The number of hydrogen-bond donors (Lipinski definition) is 1. The van der Waals surface area contributed by atoms with Crippen molar-refractivity contribution in [2.75, 3.05) is 26.7 Å². The second kappa shape index (κ2) is 5.63. The minimum Gasteiger partial charge on any atom is -0.374 e. The molecule has 2 atom stereocenters. The number of benzene rings is 1. The molecule has 2 rings (SSSR count). The lowest BCUT2D eigenvalue weighted by molar-refractivity contribution is -0.0319.